The Bertz CT molecular complexity index is 1390. The summed E-state index contributed by atoms with van der Waals surface area (Å²) in [5.41, 5.74) is 1.44. The van der Waals surface area contributed by atoms with Crippen molar-refractivity contribution in [2.24, 2.45) is 0 Å². The maximum Gasteiger partial charge on any atom is 0.329 e. The van der Waals surface area contributed by atoms with Crippen molar-refractivity contribution in [2.45, 2.75) is 23.8 Å². The zero-order chi connectivity index (χ0) is 21.6. The van der Waals surface area contributed by atoms with Crippen LogP contribution in [0.5, 0.6) is 5.75 Å². The number of esters is 1. The van der Waals surface area contributed by atoms with Gasteiger partial charge in [-0.25, -0.2) is 13.2 Å². The lowest BCUT2D eigenvalue weighted by atomic mass is 10.1. The van der Waals surface area contributed by atoms with E-state index in [4.69, 9.17) is 20.8 Å². The van der Waals surface area contributed by atoms with Crippen molar-refractivity contribution in [2.75, 3.05) is 6.54 Å². The van der Waals surface area contributed by atoms with E-state index in [1.54, 1.807) is 18.2 Å². The molecule has 0 radical (unpaired) electrons. The number of fused-ring (bicyclic) bond motifs is 3. The minimum Gasteiger partial charge on any atom is -0.456 e. The number of halogens is 1. The number of rotatable bonds is 4. The Hall–Kier alpha value is -2.87. The Morgan fingerprint density at radius 2 is 1.74 bits per heavy atom. The van der Waals surface area contributed by atoms with Gasteiger partial charge < -0.3 is 9.15 Å². The molecule has 8 heteroatoms. The number of para-hydroxylation sites is 1. The van der Waals surface area contributed by atoms with Crippen molar-refractivity contribution in [3.63, 3.8) is 0 Å². The quantitative estimate of drug-likeness (QED) is 0.320. The summed E-state index contributed by atoms with van der Waals surface area (Å²) in [6, 6.07) is 17.8. The molecule has 1 aliphatic heterocycles. The van der Waals surface area contributed by atoms with Gasteiger partial charge in [0, 0.05) is 22.3 Å². The smallest absolute Gasteiger partial charge is 0.329 e. The minimum atomic E-state index is -3.84. The van der Waals surface area contributed by atoms with E-state index in [0.29, 0.717) is 29.2 Å². The van der Waals surface area contributed by atoms with Gasteiger partial charge in [-0.15, -0.1) is 0 Å². The van der Waals surface area contributed by atoms with Gasteiger partial charge in [0.15, 0.2) is 0 Å². The van der Waals surface area contributed by atoms with E-state index in [0.717, 1.165) is 16.4 Å². The minimum absolute atomic E-state index is 0.0999. The molecule has 0 N–H and O–H groups in total. The van der Waals surface area contributed by atoms with Crippen molar-refractivity contribution in [3.05, 3.63) is 71.8 Å². The summed E-state index contributed by atoms with van der Waals surface area (Å²) >= 11 is 5.87. The molecule has 1 atom stereocenters. The molecule has 0 bridgehead atoms. The van der Waals surface area contributed by atoms with Crippen molar-refractivity contribution in [3.8, 4) is 5.75 Å². The highest BCUT2D eigenvalue weighted by Gasteiger charge is 2.40. The molecule has 0 spiro atoms. The second-order valence-electron chi connectivity index (χ2n) is 7.40. The molecule has 2 heterocycles. The standard InChI is InChI=1S/C23H18ClNO5S/c24-15-7-10-17(11-8-15)31(27,28)25-13-3-5-20(25)23(26)29-16-9-12-22-19(14-16)18-4-1-2-6-21(18)30-22/h1-2,4,6-12,14,20H,3,5,13H2/t20-/m0/s1. The third-order valence-electron chi connectivity index (χ3n) is 5.46. The van der Waals surface area contributed by atoms with E-state index in [1.165, 1.54) is 28.6 Å². The van der Waals surface area contributed by atoms with Crippen molar-refractivity contribution >= 4 is 49.5 Å². The molecule has 4 aromatic rings. The highest BCUT2D eigenvalue weighted by Crippen LogP contribution is 2.32. The number of hydrogen-bond donors (Lipinski definition) is 0. The number of carbonyl (C=O) groups excluding carboxylic acids is 1. The van der Waals surface area contributed by atoms with Gasteiger partial charge >= 0.3 is 5.97 Å². The molecule has 0 unspecified atom stereocenters. The first-order chi connectivity index (χ1) is 14.9. The number of carbonyl (C=O) groups is 1. The van der Waals surface area contributed by atoms with Gasteiger partial charge in [-0.1, -0.05) is 29.8 Å². The van der Waals surface area contributed by atoms with Crippen LogP contribution in [-0.2, 0) is 14.8 Å². The van der Waals surface area contributed by atoms with Crippen molar-refractivity contribution in [1.29, 1.82) is 0 Å². The van der Waals surface area contributed by atoms with E-state index in [2.05, 4.69) is 0 Å². The third kappa shape index (κ3) is 3.59. The Labute approximate surface area is 184 Å². The zero-order valence-electron chi connectivity index (χ0n) is 16.3. The van der Waals surface area contributed by atoms with Crippen LogP contribution in [0, 0.1) is 0 Å². The van der Waals surface area contributed by atoms with Crippen LogP contribution in [0.4, 0.5) is 0 Å². The molecule has 0 saturated carbocycles. The predicted molar refractivity (Wildman–Crippen MR) is 118 cm³/mol. The molecule has 0 amide bonds. The maximum absolute atomic E-state index is 13.1. The van der Waals surface area contributed by atoms with E-state index in [-0.39, 0.29) is 11.4 Å². The van der Waals surface area contributed by atoms with E-state index in [1.807, 2.05) is 24.3 Å². The van der Waals surface area contributed by atoms with Gasteiger partial charge in [-0.05, 0) is 61.4 Å². The number of benzene rings is 3. The van der Waals surface area contributed by atoms with Crippen LogP contribution >= 0.6 is 11.6 Å². The SMILES string of the molecule is O=C(Oc1ccc2oc3ccccc3c2c1)[C@@H]1CCCN1S(=O)(=O)c1ccc(Cl)cc1. The number of sulfonamides is 1. The molecule has 0 aliphatic carbocycles. The largest absolute Gasteiger partial charge is 0.456 e. The summed E-state index contributed by atoms with van der Waals surface area (Å²) in [6.45, 7) is 0.260. The van der Waals surface area contributed by atoms with E-state index < -0.39 is 22.0 Å². The van der Waals surface area contributed by atoms with Crippen molar-refractivity contribution < 1.29 is 22.4 Å². The van der Waals surface area contributed by atoms with Crippen LogP contribution in [-0.4, -0.2) is 31.3 Å². The van der Waals surface area contributed by atoms with Crippen LogP contribution in [0.3, 0.4) is 0 Å². The number of ether oxygens (including phenoxy) is 1. The zero-order valence-corrected chi connectivity index (χ0v) is 17.9. The molecule has 6 nitrogen and oxygen atoms in total. The average Bonchev–Trinajstić information content (AvgIpc) is 3.39. The Kier molecular flexibility index (Phi) is 4.97. The van der Waals surface area contributed by atoms with Crippen LogP contribution in [0.2, 0.25) is 5.02 Å². The van der Waals surface area contributed by atoms with Crippen molar-refractivity contribution in [1.82, 2.24) is 4.31 Å². The van der Waals surface area contributed by atoms with E-state index >= 15 is 0 Å². The van der Waals surface area contributed by atoms with Gasteiger partial charge in [0.1, 0.15) is 23.0 Å². The summed E-state index contributed by atoms with van der Waals surface area (Å²) in [5.74, 6) is -0.248. The third-order valence-corrected chi connectivity index (χ3v) is 7.64. The van der Waals surface area contributed by atoms with Gasteiger partial charge in [0.2, 0.25) is 10.0 Å². The Morgan fingerprint density at radius 1 is 1.00 bits per heavy atom. The highest BCUT2D eigenvalue weighted by molar-refractivity contribution is 7.89. The normalized spacial score (nSPS) is 17.4. The second-order valence-corrected chi connectivity index (χ2v) is 9.73. The molecule has 31 heavy (non-hydrogen) atoms. The molecular weight excluding hydrogens is 438 g/mol. The van der Waals surface area contributed by atoms with E-state index in [9.17, 15) is 13.2 Å². The monoisotopic (exact) mass is 455 g/mol. The first kappa shape index (κ1) is 20.1. The fourth-order valence-electron chi connectivity index (χ4n) is 3.96. The van der Waals surface area contributed by atoms with Gasteiger partial charge in [0.25, 0.3) is 0 Å². The Morgan fingerprint density at radius 3 is 2.55 bits per heavy atom. The van der Waals surface area contributed by atoms with Crippen LogP contribution in [0.1, 0.15) is 12.8 Å². The van der Waals surface area contributed by atoms with Crippen LogP contribution in [0.15, 0.2) is 76.0 Å². The van der Waals surface area contributed by atoms with Crippen LogP contribution < -0.4 is 4.74 Å². The molecule has 158 valence electrons. The lowest BCUT2D eigenvalue weighted by molar-refractivity contribution is -0.137. The summed E-state index contributed by atoms with van der Waals surface area (Å²) in [7, 11) is -3.84. The number of nitrogens with zero attached hydrogens (tertiary/aromatic N) is 1. The lowest BCUT2D eigenvalue weighted by Crippen LogP contribution is -2.42. The summed E-state index contributed by atoms with van der Waals surface area (Å²) in [5, 5.41) is 2.19. The summed E-state index contributed by atoms with van der Waals surface area (Å²) < 4.78 is 38.7. The lowest BCUT2D eigenvalue weighted by Gasteiger charge is -2.22. The fourth-order valence-corrected chi connectivity index (χ4v) is 5.73. The van der Waals surface area contributed by atoms with Gasteiger partial charge in [0.05, 0.1) is 4.90 Å². The molecule has 1 fully saturated rings. The molecule has 1 aromatic heterocycles. The topological polar surface area (TPSA) is 76.8 Å². The summed E-state index contributed by atoms with van der Waals surface area (Å²) in [4.78, 5) is 13.0. The van der Waals surface area contributed by atoms with Gasteiger partial charge in [-0.2, -0.15) is 4.31 Å². The molecule has 5 rings (SSSR count). The maximum atomic E-state index is 13.1. The highest BCUT2D eigenvalue weighted by atomic mass is 35.5. The molecule has 3 aromatic carbocycles. The molecular formula is C23H18ClNO5S. The molecule has 1 aliphatic rings. The predicted octanol–water partition coefficient (Wildman–Crippen LogP) is 5.00. The average molecular weight is 456 g/mol. The van der Waals surface area contributed by atoms with Gasteiger partial charge in [-0.3, -0.25) is 0 Å². The molecule has 1 saturated heterocycles. The fraction of sp³-hybridized carbons (Fsp3) is 0.174. The Balaban J connectivity index is 1.41. The first-order valence-electron chi connectivity index (χ1n) is 9.84. The number of hydrogen-bond acceptors (Lipinski definition) is 5. The first-order valence-corrected chi connectivity index (χ1v) is 11.7. The van der Waals surface area contributed by atoms with Crippen LogP contribution in [0.25, 0.3) is 21.9 Å². The number of furan rings is 1. The second kappa shape index (κ2) is 7.67. The summed E-state index contributed by atoms with van der Waals surface area (Å²) in [6.07, 6.45) is 0.987.